The van der Waals surface area contributed by atoms with Gasteiger partial charge in [0.25, 0.3) is 0 Å². The van der Waals surface area contributed by atoms with E-state index in [4.69, 9.17) is 0 Å². The number of nitrogens with zero attached hydrogens (tertiary/aromatic N) is 2. The number of rotatable bonds is 8. The lowest BCUT2D eigenvalue weighted by molar-refractivity contribution is 0.443. The zero-order valence-corrected chi connectivity index (χ0v) is 18.3. The van der Waals surface area contributed by atoms with Crippen molar-refractivity contribution in [2.24, 2.45) is 0 Å². The highest BCUT2D eigenvalue weighted by Crippen LogP contribution is 2.33. The molecule has 4 rings (SSSR count). The number of aryl methyl sites for hydroxylation is 1. The first-order valence-corrected chi connectivity index (χ1v) is 11.8. The summed E-state index contributed by atoms with van der Waals surface area (Å²) in [7, 11) is 0. The van der Waals surface area contributed by atoms with Crippen LogP contribution in [-0.4, -0.2) is 9.97 Å². The van der Waals surface area contributed by atoms with Crippen LogP contribution in [0, 0.1) is 0 Å². The number of benzene rings is 2. The molecule has 1 aliphatic carbocycles. The van der Waals surface area contributed by atoms with Crippen LogP contribution in [0.15, 0.2) is 60.9 Å². The minimum absolute atomic E-state index is 0.751. The Balaban J connectivity index is 1.39. The third kappa shape index (κ3) is 5.36. The molecule has 2 nitrogen and oxygen atoms in total. The molecule has 3 aromatic rings. The van der Waals surface area contributed by atoms with E-state index < -0.39 is 0 Å². The summed E-state index contributed by atoms with van der Waals surface area (Å²) in [6.07, 6.45) is 17.1. The minimum Gasteiger partial charge on any atom is -0.236 e. The Bertz CT molecular complexity index is 889. The molecule has 30 heavy (non-hydrogen) atoms. The van der Waals surface area contributed by atoms with Gasteiger partial charge < -0.3 is 0 Å². The summed E-state index contributed by atoms with van der Waals surface area (Å²) >= 11 is 0. The highest BCUT2D eigenvalue weighted by Gasteiger charge is 2.15. The first-order valence-electron chi connectivity index (χ1n) is 11.8. The van der Waals surface area contributed by atoms with Crippen molar-refractivity contribution in [1.29, 1.82) is 0 Å². The molecule has 0 N–H and O–H groups in total. The van der Waals surface area contributed by atoms with Crippen molar-refractivity contribution in [3.05, 3.63) is 72.1 Å². The molecule has 0 saturated heterocycles. The summed E-state index contributed by atoms with van der Waals surface area (Å²) in [6, 6.07) is 17.8. The molecule has 156 valence electrons. The van der Waals surface area contributed by atoms with Crippen LogP contribution in [0.5, 0.6) is 0 Å². The zero-order chi connectivity index (χ0) is 20.6. The third-order valence-corrected chi connectivity index (χ3v) is 6.50. The van der Waals surface area contributed by atoms with E-state index in [1.165, 1.54) is 74.5 Å². The topological polar surface area (TPSA) is 25.8 Å². The van der Waals surface area contributed by atoms with E-state index in [1.54, 1.807) is 0 Å². The SMILES string of the molecule is CCCCCCc1ccc(-c2ncc(-c3ccc(C4CCCCC4)cc3)cn2)cc1. The Hall–Kier alpha value is -2.48. The molecule has 0 radical (unpaired) electrons. The quantitative estimate of drug-likeness (QED) is 0.359. The van der Waals surface area contributed by atoms with Crippen LogP contribution in [0.1, 0.15) is 81.8 Å². The van der Waals surface area contributed by atoms with Crippen molar-refractivity contribution < 1.29 is 0 Å². The number of unbranched alkanes of at least 4 members (excludes halogenated alkanes) is 3. The molecule has 0 spiro atoms. The van der Waals surface area contributed by atoms with Crippen molar-refractivity contribution in [2.75, 3.05) is 0 Å². The average Bonchev–Trinajstić information content (AvgIpc) is 2.83. The molecule has 1 fully saturated rings. The second-order valence-corrected chi connectivity index (χ2v) is 8.76. The molecule has 0 unspecified atom stereocenters. The minimum atomic E-state index is 0.751. The van der Waals surface area contributed by atoms with Crippen LogP contribution in [0.3, 0.4) is 0 Å². The molecular weight excluding hydrogens is 364 g/mol. The predicted octanol–water partition coefficient (Wildman–Crippen LogP) is 7.98. The summed E-state index contributed by atoms with van der Waals surface area (Å²) in [5.74, 6) is 1.55. The molecular formula is C28H34N2. The molecule has 0 amide bonds. The molecule has 0 atom stereocenters. The molecule has 1 heterocycles. The Morgan fingerprint density at radius 1 is 0.700 bits per heavy atom. The fourth-order valence-corrected chi connectivity index (χ4v) is 4.59. The number of hydrogen-bond acceptors (Lipinski definition) is 2. The highest BCUT2D eigenvalue weighted by atomic mass is 14.9. The molecule has 1 aliphatic rings. The molecule has 0 bridgehead atoms. The van der Waals surface area contributed by atoms with E-state index >= 15 is 0 Å². The summed E-state index contributed by atoms with van der Waals surface area (Å²) in [5, 5.41) is 0. The van der Waals surface area contributed by atoms with Gasteiger partial charge in [0.1, 0.15) is 0 Å². The fourth-order valence-electron chi connectivity index (χ4n) is 4.59. The lowest BCUT2D eigenvalue weighted by Gasteiger charge is -2.22. The van der Waals surface area contributed by atoms with Crippen LogP contribution < -0.4 is 0 Å². The van der Waals surface area contributed by atoms with Gasteiger partial charge in [-0.1, -0.05) is 94.0 Å². The maximum absolute atomic E-state index is 4.64. The first-order chi connectivity index (χ1) is 14.8. The average molecular weight is 399 g/mol. The fraction of sp³-hybridized carbons (Fsp3) is 0.429. The van der Waals surface area contributed by atoms with Crippen LogP contribution >= 0.6 is 0 Å². The lowest BCUT2D eigenvalue weighted by Crippen LogP contribution is -2.04. The van der Waals surface area contributed by atoms with Crippen LogP contribution in [-0.2, 0) is 6.42 Å². The maximum atomic E-state index is 4.64. The van der Waals surface area contributed by atoms with Gasteiger partial charge in [-0.3, -0.25) is 0 Å². The molecule has 2 aromatic carbocycles. The van der Waals surface area contributed by atoms with Crippen molar-refractivity contribution in [3.63, 3.8) is 0 Å². The molecule has 0 aliphatic heterocycles. The van der Waals surface area contributed by atoms with Gasteiger partial charge in [0.15, 0.2) is 5.82 Å². The summed E-state index contributed by atoms with van der Waals surface area (Å²) in [4.78, 5) is 9.29. The predicted molar refractivity (Wildman–Crippen MR) is 127 cm³/mol. The zero-order valence-electron chi connectivity index (χ0n) is 18.3. The van der Waals surface area contributed by atoms with Gasteiger partial charge in [-0.15, -0.1) is 0 Å². The van der Waals surface area contributed by atoms with Gasteiger partial charge in [-0.25, -0.2) is 9.97 Å². The third-order valence-electron chi connectivity index (χ3n) is 6.50. The van der Waals surface area contributed by atoms with E-state index in [2.05, 4.69) is 65.4 Å². The second-order valence-electron chi connectivity index (χ2n) is 8.76. The second kappa shape index (κ2) is 10.5. The van der Waals surface area contributed by atoms with E-state index in [0.29, 0.717) is 0 Å². The largest absolute Gasteiger partial charge is 0.236 e. The standard InChI is InChI=1S/C28H34N2/c1-2-3-4-6-9-22-12-14-26(15-13-22)28-29-20-27(21-30-28)25-18-16-24(17-19-25)23-10-7-5-8-11-23/h12-21,23H,2-11H2,1H3. The number of hydrogen-bond donors (Lipinski definition) is 0. The van der Waals surface area contributed by atoms with E-state index in [0.717, 1.165) is 29.3 Å². The number of aromatic nitrogens is 2. The monoisotopic (exact) mass is 398 g/mol. The van der Waals surface area contributed by atoms with Crippen LogP contribution in [0.4, 0.5) is 0 Å². The Kier molecular flexibility index (Phi) is 7.29. The smallest absolute Gasteiger partial charge is 0.159 e. The van der Waals surface area contributed by atoms with Gasteiger partial charge in [0.2, 0.25) is 0 Å². The lowest BCUT2D eigenvalue weighted by atomic mass is 9.84. The molecule has 1 aromatic heterocycles. The van der Waals surface area contributed by atoms with E-state index in [-0.39, 0.29) is 0 Å². The van der Waals surface area contributed by atoms with Gasteiger partial charge in [0, 0.05) is 23.5 Å². The van der Waals surface area contributed by atoms with Gasteiger partial charge in [-0.2, -0.15) is 0 Å². The summed E-state index contributed by atoms with van der Waals surface area (Å²) < 4.78 is 0. The van der Waals surface area contributed by atoms with E-state index in [1.807, 2.05) is 12.4 Å². The summed E-state index contributed by atoms with van der Waals surface area (Å²) in [5.41, 5.74) is 6.27. The van der Waals surface area contributed by atoms with Crippen molar-refractivity contribution in [1.82, 2.24) is 9.97 Å². The van der Waals surface area contributed by atoms with Crippen molar-refractivity contribution in [2.45, 2.75) is 77.0 Å². The van der Waals surface area contributed by atoms with Gasteiger partial charge >= 0.3 is 0 Å². The van der Waals surface area contributed by atoms with Crippen molar-refractivity contribution in [3.8, 4) is 22.5 Å². The Morgan fingerprint density at radius 3 is 2.03 bits per heavy atom. The van der Waals surface area contributed by atoms with Crippen molar-refractivity contribution >= 4 is 0 Å². The summed E-state index contributed by atoms with van der Waals surface area (Å²) in [6.45, 7) is 2.26. The van der Waals surface area contributed by atoms with Crippen LogP contribution in [0.2, 0.25) is 0 Å². The highest BCUT2D eigenvalue weighted by molar-refractivity contribution is 5.64. The van der Waals surface area contributed by atoms with Crippen LogP contribution in [0.25, 0.3) is 22.5 Å². The Labute approximate surface area is 181 Å². The molecule has 2 heteroatoms. The first kappa shape index (κ1) is 20.8. The normalized spacial score (nSPS) is 14.7. The molecule has 1 saturated carbocycles. The van der Waals surface area contributed by atoms with Gasteiger partial charge in [-0.05, 0) is 48.3 Å². The van der Waals surface area contributed by atoms with Gasteiger partial charge in [0.05, 0.1) is 0 Å². The maximum Gasteiger partial charge on any atom is 0.159 e. The Morgan fingerprint density at radius 2 is 1.37 bits per heavy atom. The van der Waals surface area contributed by atoms with E-state index in [9.17, 15) is 0 Å².